The first kappa shape index (κ1) is 27.1. The minimum Gasteiger partial charge on any atom is -0.506 e. The third kappa shape index (κ3) is 4.48. The molecule has 4 nitrogen and oxygen atoms in total. The summed E-state index contributed by atoms with van der Waals surface area (Å²) in [6.45, 7) is 7.90. The highest BCUT2D eigenvalue weighted by atomic mass is 35.5. The highest BCUT2D eigenvalue weighted by Gasteiger charge is 2.65. The Bertz CT molecular complexity index is 1200. The van der Waals surface area contributed by atoms with Gasteiger partial charge in [-0.1, -0.05) is 43.1 Å². The minimum atomic E-state index is 0.0468. The number of piperidine rings is 1. The summed E-state index contributed by atoms with van der Waals surface area (Å²) in [5.41, 5.74) is 4.20. The maximum absolute atomic E-state index is 10.4. The van der Waals surface area contributed by atoms with Gasteiger partial charge in [-0.15, -0.1) is 0 Å². The van der Waals surface area contributed by atoms with Crippen LogP contribution in [0.15, 0.2) is 36.4 Å². The fraction of sp³-hybridized carbons (Fsp3) is 0.657. The van der Waals surface area contributed by atoms with Crippen molar-refractivity contribution in [2.75, 3.05) is 32.8 Å². The highest BCUT2D eigenvalue weighted by molar-refractivity contribution is 6.32. The van der Waals surface area contributed by atoms with Crippen LogP contribution in [0.4, 0.5) is 0 Å². The van der Waals surface area contributed by atoms with Gasteiger partial charge >= 0.3 is 0 Å². The molecule has 2 aromatic rings. The van der Waals surface area contributed by atoms with Crippen molar-refractivity contribution < 1.29 is 14.6 Å². The van der Waals surface area contributed by atoms with E-state index < -0.39 is 0 Å². The predicted molar refractivity (Wildman–Crippen MR) is 161 cm³/mol. The fourth-order valence-corrected chi connectivity index (χ4v) is 10.2. The smallest absolute Gasteiger partial charge is 0.134 e. The maximum atomic E-state index is 10.4. The van der Waals surface area contributed by atoms with Crippen LogP contribution in [0.1, 0.15) is 99.7 Å². The van der Waals surface area contributed by atoms with Crippen LogP contribution in [0.2, 0.25) is 5.02 Å². The number of fused-ring (bicyclic) bond motifs is 6. The first-order valence-electron chi connectivity index (χ1n) is 16.1. The molecule has 2 aliphatic heterocycles. The van der Waals surface area contributed by atoms with Crippen LogP contribution in [0.3, 0.4) is 0 Å². The monoisotopic (exact) mass is 563 g/mol. The van der Waals surface area contributed by atoms with Gasteiger partial charge in [0.2, 0.25) is 0 Å². The van der Waals surface area contributed by atoms with Gasteiger partial charge in [0, 0.05) is 18.6 Å². The van der Waals surface area contributed by atoms with Gasteiger partial charge in [-0.25, -0.2) is 0 Å². The summed E-state index contributed by atoms with van der Waals surface area (Å²) in [7, 11) is 0. The molecule has 2 saturated heterocycles. The molecule has 0 bridgehead atoms. The number of ether oxygens (including phenoxy) is 2. The van der Waals surface area contributed by atoms with Crippen LogP contribution in [-0.4, -0.2) is 48.5 Å². The summed E-state index contributed by atoms with van der Waals surface area (Å²) >= 11 is 6.71. The number of nitrogens with zero attached hydrogens (tertiary/aromatic N) is 1. The van der Waals surface area contributed by atoms with Gasteiger partial charge in [-0.05, 0) is 136 Å². The second kappa shape index (κ2) is 10.8. The van der Waals surface area contributed by atoms with Crippen LogP contribution >= 0.6 is 11.6 Å². The standard InChI is InChI=1S/C35H46ClNO3/c1-34-23-29(24-7-9-25(10-8-24)39-21-6-20-37-18-3-2-4-19-37)32-26-13-14-31(38)33(36)27(26)11-12-28(32)30(34)15-17-35(34)16-5-22-40-35/h7-10,13-14,28-30,32,38H,2-6,11-12,15-23H2,1H3/t28-,29+,30-,32+,34-,35-/m0/s1. The summed E-state index contributed by atoms with van der Waals surface area (Å²) in [6.07, 6.45) is 13.3. The Labute approximate surface area is 245 Å². The van der Waals surface area contributed by atoms with E-state index in [9.17, 15) is 5.11 Å². The second-order valence-electron chi connectivity index (χ2n) is 13.7. The molecule has 5 aliphatic rings. The summed E-state index contributed by atoms with van der Waals surface area (Å²) in [4.78, 5) is 2.58. The number of hydrogen-bond donors (Lipinski definition) is 1. The molecule has 6 atom stereocenters. The fourth-order valence-electron chi connectivity index (χ4n) is 9.96. The molecule has 0 unspecified atom stereocenters. The topological polar surface area (TPSA) is 41.9 Å². The zero-order chi connectivity index (χ0) is 27.3. The summed E-state index contributed by atoms with van der Waals surface area (Å²) in [5, 5.41) is 11.0. The first-order valence-corrected chi connectivity index (χ1v) is 16.5. The number of aromatic hydroxyl groups is 1. The molecule has 1 spiro atoms. The van der Waals surface area contributed by atoms with E-state index in [-0.39, 0.29) is 16.8 Å². The van der Waals surface area contributed by atoms with Gasteiger partial charge in [0.15, 0.2) is 0 Å². The van der Waals surface area contributed by atoms with Crippen molar-refractivity contribution in [1.82, 2.24) is 4.90 Å². The molecular weight excluding hydrogens is 518 g/mol. The predicted octanol–water partition coefficient (Wildman–Crippen LogP) is 8.10. The maximum Gasteiger partial charge on any atom is 0.134 e. The number of benzene rings is 2. The molecule has 0 radical (unpaired) electrons. The van der Waals surface area contributed by atoms with E-state index >= 15 is 0 Å². The van der Waals surface area contributed by atoms with E-state index in [0.29, 0.717) is 28.7 Å². The molecule has 2 aromatic carbocycles. The van der Waals surface area contributed by atoms with Gasteiger partial charge in [0.1, 0.15) is 11.5 Å². The van der Waals surface area contributed by atoms with E-state index in [1.54, 1.807) is 0 Å². The molecular formula is C35H46ClNO3. The molecule has 1 N–H and O–H groups in total. The van der Waals surface area contributed by atoms with E-state index in [1.165, 1.54) is 74.7 Å². The SMILES string of the molecule is C[C@]12C[C@H](c3ccc(OCCCN4CCCCC4)cc3)[C@@H]3c4ccc(O)c(Cl)c4CC[C@H]3[C@@H]1CC[C@@]21CCCO1. The van der Waals surface area contributed by atoms with Gasteiger partial charge in [0.25, 0.3) is 0 Å². The average Bonchev–Trinajstić information content (AvgIpc) is 3.58. The van der Waals surface area contributed by atoms with E-state index in [2.05, 4.69) is 42.2 Å². The summed E-state index contributed by atoms with van der Waals surface area (Å²) in [6, 6.07) is 13.1. The molecule has 3 aliphatic carbocycles. The summed E-state index contributed by atoms with van der Waals surface area (Å²) < 4.78 is 12.9. The lowest BCUT2D eigenvalue weighted by molar-refractivity contribution is -0.119. The van der Waals surface area contributed by atoms with Gasteiger partial charge in [-0.3, -0.25) is 0 Å². The second-order valence-corrected chi connectivity index (χ2v) is 14.1. The third-order valence-corrected chi connectivity index (χ3v) is 12.3. The van der Waals surface area contributed by atoms with Crippen molar-refractivity contribution in [1.29, 1.82) is 0 Å². The Balaban J connectivity index is 1.15. The van der Waals surface area contributed by atoms with Crippen molar-refractivity contribution in [3.05, 3.63) is 58.1 Å². The van der Waals surface area contributed by atoms with Crippen LogP contribution in [0, 0.1) is 17.3 Å². The molecule has 2 heterocycles. The van der Waals surface area contributed by atoms with Gasteiger partial charge in [-0.2, -0.15) is 0 Å². The Morgan fingerprint density at radius 2 is 1.85 bits per heavy atom. The number of rotatable bonds is 6. The zero-order valence-corrected chi connectivity index (χ0v) is 24.9. The number of phenolic OH excluding ortho intramolecular Hbond substituents is 1. The number of hydrogen-bond acceptors (Lipinski definition) is 4. The number of halogens is 1. The molecule has 7 rings (SSSR count). The Kier molecular flexibility index (Phi) is 7.33. The lowest BCUT2D eigenvalue weighted by Gasteiger charge is -2.57. The molecule has 40 heavy (non-hydrogen) atoms. The molecule has 2 saturated carbocycles. The Morgan fingerprint density at radius 1 is 1.02 bits per heavy atom. The van der Waals surface area contributed by atoms with Crippen molar-refractivity contribution in [2.24, 2.45) is 17.3 Å². The molecule has 4 fully saturated rings. The number of phenols is 1. The van der Waals surface area contributed by atoms with Gasteiger partial charge < -0.3 is 19.5 Å². The van der Waals surface area contributed by atoms with E-state index in [4.69, 9.17) is 21.1 Å². The Morgan fingerprint density at radius 3 is 2.62 bits per heavy atom. The normalized spacial score (nSPS) is 35.4. The quantitative estimate of drug-likeness (QED) is 0.360. The minimum absolute atomic E-state index is 0.0468. The zero-order valence-electron chi connectivity index (χ0n) is 24.2. The third-order valence-electron chi connectivity index (χ3n) is 11.9. The average molecular weight is 564 g/mol. The van der Waals surface area contributed by atoms with Crippen LogP contribution < -0.4 is 4.74 Å². The van der Waals surface area contributed by atoms with Crippen molar-refractivity contribution >= 4 is 11.6 Å². The highest BCUT2D eigenvalue weighted by Crippen LogP contribution is 2.70. The van der Waals surface area contributed by atoms with E-state index in [1.807, 2.05) is 6.07 Å². The Hall–Kier alpha value is -1.75. The summed E-state index contributed by atoms with van der Waals surface area (Å²) in [5.74, 6) is 3.32. The van der Waals surface area contributed by atoms with Crippen molar-refractivity contribution in [3.8, 4) is 11.5 Å². The van der Waals surface area contributed by atoms with Crippen LogP contribution in [0.5, 0.6) is 11.5 Å². The van der Waals surface area contributed by atoms with Gasteiger partial charge in [0.05, 0.1) is 17.2 Å². The lowest BCUT2D eigenvalue weighted by Crippen LogP contribution is -2.52. The van der Waals surface area contributed by atoms with Crippen molar-refractivity contribution in [2.45, 2.75) is 95.0 Å². The van der Waals surface area contributed by atoms with Crippen molar-refractivity contribution in [3.63, 3.8) is 0 Å². The largest absolute Gasteiger partial charge is 0.506 e. The lowest BCUT2D eigenvalue weighted by atomic mass is 9.49. The number of likely N-dealkylation sites (tertiary alicyclic amines) is 1. The molecule has 0 amide bonds. The van der Waals surface area contributed by atoms with Crippen LogP contribution in [-0.2, 0) is 11.2 Å². The molecule has 216 valence electrons. The molecule has 5 heteroatoms. The van der Waals surface area contributed by atoms with Crippen LogP contribution in [0.25, 0.3) is 0 Å². The first-order chi connectivity index (χ1) is 19.5. The van der Waals surface area contributed by atoms with E-state index in [0.717, 1.165) is 51.2 Å². The molecule has 0 aromatic heterocycles.